The van der Waals surface area contributed by atoms with Crippen LogP contribution in [0, 0.1) is 6.92 Å². The predicted octanol–water partition coefficient (Wildman–Crippen LogP) is 4.50. The lowest BCUT2D eigenvalue weighted by atomic mass is 10.1. The van der Waals surface area contributed by atoms with Crippen LogP contribution in [0.3, 0.4) is 0 Å². The Balaban J connectivity index is 1.96. The molecule has 0 aromatic heterocycles. The number of halogens is 1. The van der Waals surface area contributed by atoms with Gasteiger partial charge < -0.3 is 5.32 Å². The molecular weight excluding hydrogens is 242 g/mol. The second kappa shape index (κ2) is 6.03. The highest BCUT2D eigenvalue weighted by molar-refractivity contribution is 6.30. The minimum Gasteiger partial charge on any atom is -0.306 e. The molecule has 1 unspecified atom stereocenters. The van der Waals surface area contributed by atoms with Crippen molar-refractivity contribution in [3.05, 3.63) is 70.2 Å². The molecule has 1 N–H and O–H groups in total. The Morgan fingerprint density at radius 2 is 1.83 bits per heavy atom. The Hall–Kier alpha value is -1.31. The van der Waals surface area contributed by atoms with Gasteiger partial charge >= 0.3 is 0 Å². The van der Waals surface area contributed by atoms with E-state index in [2.05, 4.69) is 49.5 Å². The average Bonchev–Trinajstić information content (AvgIpc) is 2.37. The van der Waals surface area contributed by atoms with Crippen LogP contribution in [0.2, 0.25) is 5.02 Å². The Kier molecular flexibility index (Phi) is 4.40. The average molecular weight is 260 g/mol. The van der Waals surface area contributed by atoms with Crippen LogP contribution < -0.4 is 5.32 Å². The summed E-state index contributed by atoms with van der Waals surface area (Å²) in [5.74, 6) is 0. The monoisotopic (exact) mass is 259 g/mol. The van der Waals surface area contributed by atoms with Crippen LogP contribution >= 0.6 is 11.6 Å². The largest absolute Gasteiger partial charge is 0.306 e. The molecule has 0 aliphatic rings. The van der Waals surface area contributed by atoms with Crippen molar-refractivity contribution in [2.24, 2.45) is 0 Å². The molecule has 0 spiro atoms. The fourth-order valence-electron chi connectivity index (χ4n) is 1.89. The van der Waals surface area contributed by atoms with Crippen molar-refractivity contribution in [1.29, 1.82) is 0 Å². The zero-order valence-electron chi connectivity index (χ0n) is 10.8. The molecule has 1 atom stereocenters. The fourth-order valence-corrected chi connectivity index (χ4v) is 2.10. The van der Waals surface area contributed by atoms with Crippen LogP contribution in [-0.4, -0.2) is 0 Å². The molecule has 0 saturated carbocycles. The quantitative estimate of drug-likeness (QED) is 0.853. The van der Waals surface area contributed by atoms with Crippen molar-refractivity contribution in [1.82, 2.24) is 5.32 Å². The highest BCUT2D eigenvalue weighted by Crippen LogP contribution is 2.15. The van der Waals surface area contributed by atoms with Crippen LogP contribution in [0.15, 0.2) is 48.5 Å². The lowest BCUT2D eigenvalue weighted by molar-refractivity contribution is 0.574. The molecule has 1 nitrogen and oxygen atoms in total. The van der Waals surface area contributed by atoms with Gasteiger partial charge in [-0.05, 0) is 37.1 Å². The molecule has 0 aliphatic heterocycles. The Morgan fingerprint density at radius 1 is 1.11 bits per heavy atom. The highest BCUT2D eigenvalue weighted by Gasteiger charge is 2.04. The van der Waals surface area contributed by atoms with Crippen molar-refractivity contribution in [3.63, 3.8) is 0 Å². The molecule has 94 valence electrons. The third-order valence-electron chi connectivity index (χ3n) is 3.08. The highest BCUT2D eigenvalue weighted by atomic mass is 35.5. The van der Waals surface area contributed by atoms with E-state index in [4.69, 9.17) is 11.6 Å². The summed E-state index contributed by atoms with van der Waals surface area (Å²) in [7, 11) is 0. The second-order valence-corrected chi connectivity index (χ2v) is 5.08. The number of benzene rings is 2. The van der Waals surface area contributed by atoms with Crippen molar-refractivity contribution in [3.8, 4) is 0 Å². The van der Waals surface area contributed by atoms with E-state index in [1.807, 2.05) is 18.2 Å². The first-order valence-electron chi connectivity index (χ1n) is 6.19. The molecule has 0 aliphatic carbocycles. The number of rotatable bonds is 4. The lowest BCUT2D eigenvalue weighted by Crippen LogP contribution is -2.17. The van der Waals surface area contributed by atoms with E-state index in [-0.39, 0.29) is 0 Å². The summed E-state index contributed by atoms with van der Waals surface area (Å²) in [6, 6.07) is 16.9. The van der Waals surface area contributed by atoms with E-state index in [0.29, 0.717) is 6.04 Å². The number of nitrogens with one attached hydrogen (secondary N) is 1. The van der Waals surface area contributed by atoms with Crippen LogP contribution in [0.5, 0.6) is 0 Å². The van der Waals surface area contributed by atoms with Gasteiger partial charge in [0.15, 0.2) is 0 Å². The Morgan fingerprint density at radius 3 is 2.50 bits per heavy atom. The Labute approximate surface area is 114 Å². The molecular formula is C16H18ClN. The van der Waals surface area contributed by atoms with Crippen LogP contribution in [0.1, 0.15) is 29.7 Å². The van der Waals surface area contributed by atoms with Gasteiger partial charge in [0, 0.05) is 17.6 Å². The predicted molar refractivity (Wildman–Crippen MR) is 77.9 cm³/mol. The summed E-state index contributed by atoms with van der Waals surface area (Å²) in [6.45, 7) is 5.11. The van der Waals surface area contributed by atoms with E-state index in [0.717, 1.165) is 11.6 Å². The summed E-state index contributed by atoms with van der Waals surface area (Å²) >= 11 is 5.97. The zero-order chi connectivity index (χ0) is 13.0. The number of aryl methyl sites for hydroxylation is 1. The van der Waals surface area contributed by atoms with Gasteiger partial charge in [0.05, 0.1) is 0 Å². The maximum absolute atomic E-state index is 5.97. The zero-order valence-corrected chi connectivity index (χ0v) is 11.5. The minimum absolute atomic E-state index is 0.338. The molecule has 0 heterocycles. The topological polar surface area (TPSA) is 12.0 Å². The van der Waals surface area contributed by atoms with Gasteiger partial charge in [0.25, 0.3) is 0 Å². The molecule has 2 rings (SSSR count). The first kappa shape index (κ1) is 13.1. The second-order valence-electron chi connectivity index (χ2n) is 4.64. The van der Waals surface area contributed by atoms with Gasteiger partial charge in [-0.3, -0.25) is 0 Å². The first-order chi connectivity index (χ1) is 8.65. The number of hydrogen-bond donors (Lipinski definition) is 1. The Bertz CT molecular complexity index is 505. The summed E-state index contributed by atoms with van der Waals surface area (Å²) in [5.41, 5.74) is 3.81. The smallest absolute Gasteiger partial charge is 0.0409 e. The van der Waals surface area contributed by atoms with Crippen molar-refractivity contribution in [2.45, 2.75) is 26.4 Å². The molecule has 2 aromatic carbocycles. The normalized spacial score (nSPS) is 12.4. The molecule has 2 heteroatoms. The third-order valence-corrected chi connectivity index (χ3v) is 3.31. The molecule has 2 aromatic rings. The van der Waals surface area contributed by atoms with E-state index in [1.165, 1.54) is 16.7 Å². The van der Waals surface area contributed by atoms with Crippen molar-refractivity contribution >= 4 is 11.6 Å². The van der Waals surface area contributed by atoms with E-state index in [1.54, 1.807) is 0 Å². The maximum Gasteiger partial charge on any atom is 0.0409 e. The molecule has 0 radical (unpaired) electrons. The van der Waals surface area contributed by atoms with Gasteiger partial charge in [-0.25, -0.2) is 0 Å². The van der Waals surface area contributed by atoms with E-state index < -0.39 is 0 Å². The van der Waals surface area contributed by atoms with Crippen LogP contribution in [0.25, 0.3) is 0 Å². The molecule has 0 saturated heterocycles. The van der Waals surface area contributed by atoms with Crippen LogP contribution in [0.4, 0.5) is 0 Å². The molecule has 0 bridgehead atoms. The van der Waals surface area contributed by atoms with E-state index in [9.17, 15) is 0 Å². The summed E-state index contributed by atoms with van der Waals surface area (Å²) in [6.07, 6.45) is 0. The third kappa shape index (κ3) is 3.59. The fraction of sp³-hybridized carbons (Fsp3) is 0.250. The van der Waals surface area contributed by atoms with Gasteiger partial charge in [-0.15, -0.1) is 0 Å². The maximum atomic E-state index is 5.97. The molecule has 0 fully saturated rings. The van der Waals surface area contributed by atoms with Crippen LogP contribution in [-0.2, 0) is 6.54 Å². The number of hydrogen-bond acceptors (Lipinski definition) is 1. The van der Waals surface area contributed by atoms with Gasteiger partial charge in [-0.1, -0.05) is 53.6 Å². The standard InChI is InChI=1S/C16H18ClN/c1-12-6-8-15(9-7-12)13(2)18-11-14-4-3-5-16(17)10-14/h3-10,13,18H,11H2,1-2H3. The SMILES string of the molecule is Cc1ccc(C(C)NCc2cccc(Cl)c2)cc1. The van der Waals surface area contributed by atoms with Gasteiger partial charge in [0.2, 0.25) is 0 Å². The van der Waals surface area contributed by atoms with Gasteiger partial charge in [-0.2, -0.15) is 0 Å². The minimum atomic E-state index is 0.338. The molecule has 0 amide bonds. The van der Waals surface area contributed by atoms with Gasteiger partial charge in [0.1, 0.15) is 0 Å². The molecule has 18 heavy (non-hydrogen) atoms. The van der Waals surface area contributed by atoms with Crippen molar-refractivity contribution in [2.75, 3.05) is 0 Å². The summed E-state index contributed by atoms with van der Waals surface area (Å²) in [5, 5.41) is 4.29. The lowest BCUT2D eigenvalue weighted by Gasteiger charge is -2.14. The van der Waals surface area contributed by atoms with E-state index >= 15 is 0 Å². The van der Waals surface area contributed by atoms with Crippen molar-refractivity contribution < 1.29 is 0 Å². The first-order valence-corrected chi connectivity index (χ1v) is 6.57. The summed E-state index contributed by atoms with van der Waals surface area (Å²) < 4.78 is 0. The summed E-state index contributed by atoms with van der Waals surface area (Å²) in [4.78, 5) is 0.